The molecule has 0 aromatic heterocycles. The van der Waals surface area contributed by atoms with E-state index in [-0.39, 0.29) is 18.1 Å². The van der Waals surface area contributed by atoms with Crippen LogP contribution < -0.4 is 4.74 Å². The molecule has 0 spiro atoms. The molecule has 1 aromatic carbocycles. The van der Waals surface area contributed by atoms with Crippen molar-refractivity contribution in [1.82, 2.24) is 4.90 Å². The van der Waals surface area contributed by atoms with Gasteiger partial charge in [-0.3, -0.25) is 9.59 Å². The van der Waals surface area contributed by atoms with Crippen molar-refractivity contribution in [1.29, 1.82) is 0 Å². The van der Waals surface area contributed by atoms with E-state index in [1.165, 1.54) is 0 Å². The lowest BCUT2D eigenvalue weighted by Crippen LogP contribution is -2.38. The van der Waals surface area contributed by atoms with Crippen molar-refractivity contribution in [2.24, 2.45) is 5.92 Å². The summed E-state index contributed by atoms with van der Waals surface area (Å²) in [6.45, 7) is 6.61. The van der Waals surface area contributed by atoms with E-state index in [9.17, 15) is 9.59 Å². The Labute approximate surface area is 138 Å². The zero-order chi connectivity index (χ0) is 16.7. The Morgan fingerprint density at radius 3 is 2.39 bits per heavy atom. The molecule has 23 heavy (non-hydrogen) atoms. The Morgan fingerprint density at radius 2 is 1.78 bits per heavy atom. The Hall–Kier alpha value is -1.84. The highest BCUT2D eigenvalue weighted by atomic mass is 16.5. The molecule has 1 aromatic rings. The highest BCUT2D eigenvalue weighted by molar-refractivity contribution is 5.98. The number of ether oxygens (including phenoxy) is 1. The number of carbonyl (C=O) groups excluding carboxylic acids is 2. The van der Waals surface area contributed by atoms with E-state index in [4.69, 9.17) is 4.74 Å². The molecule has 1 aliphatic rings. The lowest BCUT2D eigenvalue weighted by molar-refractivity contribution is -0.132. The molecule has 1 heterocycles. The van der Waals surface area contributed by atoms with Crippen LogP contribution in [-0.4, -0.2) is 36.3 Å². The number of nitrogens with zero attached hydrogens (tertiary/aromatic N) is 1. The number of hydrogen-bond acceptors (Lipinski definition) is 3. The number of benzene rings is 1. The van der Waals surface area contributed by atoms with Gasteiger partial charge in [-0.15, -0.1) is 0 Å². The molecule has 0 radical (unpaired) electrons. The summed E-state index contributed by atoms with van der Waals surface area (Å²) in [5, 5.41) is 0. The lowest BCUT2D eigenvalue weighted by Gasteiger charge is -2.30. The number of ketones is 1. The van der Waals surface area contributed by atoms with Gasteiger partial charge in [-0.05, 0) is 49.4 Å². The van der Waals surface area contributed by atoms with E-state index in [1.807, 2.05) is 17.0 Å². The second-order valence-electron chi connectivity index (χ2n) is 6.36. The van der Waals surface area contributed by atoms with E-state index in [1.54, 1.807) is 12.1 Å². The van der Waals surface area contributed by atoms with Crippen molar-refractivity contribution in [2.75, 3.05) is 19.7 Å². The Balaban J connectivity index is 1.78. The third-order valence-corrected chi connectivity index (χ3v) is 4.35. The number of piperidine rings is 1. The predicted molar refractivity (Wildman–Crippen MR) is 90.8 cm³/mol. The summed E-state index contributed by atoms with van der Waals surface area (Å²) in [5.41, 5.74) is 0.647. The van der Waals surface area contributed by atoms with Gasteiger partial charge >= 0.3 is 0 Å². The van der Waals surface area contributed by atoms with Crippen molar-refractivity contribution in [3.05, 3.63) is 29.8 Å². The minimum atomic E-state index is 0.0192. The summed E-state index contributed by atoms with van der Waals surface area (Å²) in [5.74, 6) is 1.61. The number of rotatable bonds is 7. The van der Waals surface area contributed by atoms with Gasteiger partial charge in [-0.25, -0.2) is 0 Å². The second-order valence-corrected chi connectivity index (χ2v) is 6.36. The van der Waals surface area contributed by atoms with Gasteiger partial charge in [0.1, 0.15) is 5.75 Å². The van der Waals surface area contributed by atoms with Gasteiger partial charge in [-0.2, -0.15) is 0 Å². The fourth-order valence-electron chi connectivity index (χ4n) is 2.74. The summed E-state index contributed by atoms with van der Waals surface area (Å²) in [6, 6.07) is 7.19. The molecule has 0 unspecified atom stereocenters. The largest absolute Gasteiger partial charge is 0.494 e. The van der Waals surface area contributed by atoms with Crippen LogP contribution in [0.2, 0.25) is 0 Å². The third-order valence-electron chi connectivity index (χ3n) is 4.35. The fourth-order valence-corrected chi connectivity index (χ4v) is 2.74. The van der Waals surface area contributed by atoms with Gasteiger partial charge in [-0.1, -0.05) is 13.8 Å². The van der Waals surface area contributed by atoms with E-state index in [0.717, 1.165) is 38.1 Å². The van der Waals surface area contributed by atoms with E-state index in [2.05, 4.69) is 13.8 Å². The van der Waals surface area contributed by atoms with Crippen molar-refractivity contribution in [3.63, 3.8) is 0 Å². The maximum atomic E-state index is 12.2. The maximum absolute atomic E-state index is 12.2. The predicted octanol–water partition coefficient (Wildman–Crippen LogP) is 3.70. The van der Waals surface area contributed by atoms with E-state index >= 15 is 0 Å². The molecule has 1 fully saturated rings. The molecule has 0 aliphatic carbocycles. The van der Waals surface area contributed by atoms with Crippen LogP contribution in [0, 0.1) is 5.92 Å². The first kappa shape index (κ1) is 17.5. The normalized spacial score (nSPS) is 15.5. The zero-order valence-corrected chi connectivity index (χ0v) is 14.2. The molecule has 126 valence electrons. The number of Topliss-reactive ketones (excluding diaryl/α,β-unsaturated/α-hetero) is 1. The Bertz CT molecular complexity index is 516. The molecule has 0 atom stereocenters. The summed E-state index contributed by atoms with van der Waals surface area (Å²) < 4.78 is 5.50. The van der Waals surface area contributed by atoms with Gasteiger partial charge in [0.05, 0.1) is 6.61 Å². The number of amides is 1. The average Bonchev–Trinajstić information content (AvgIpc) is 2.58. The highest BCUT2D eigenvalue weighted by Gasteiger charge is 2.20. The standard InChI is InChI=1S/C19H27NO3/c1-3-14-23-17-6-4-16(5-7-17)18(21)8-9-19(22)20-12-10-15(2)11-13-20/h4-7,15H,3,8-14H2,1-2H3. The molecule has 2 rings (SSSR count). The van der Waals surface area contributed by atoms with Gasteiger partial charge in [0.2, 0.25) is 5.91 Å². The van der Waals surface area contributed by atoms with Crippen LogP contribution in [0.15, 0.2) is 24.3 Å². The number of likely N-dealkylation sites (tertiary alicyclic amines) is 1. The lowest BCUT2D eigenvalue weighted by atomic mass is 9.98. The molecule has 4 heteroatoms. The van der Waals surface area contributed by atoms with Crippen molar-refractivity contribution in [2.45, 2.75) is 46.0 Å². The van der Waals surface area contributed by atoms with Gasteiger partial charge < -0.3 is 9.64 Å². The van der Waals surface area contributed by atoms with Crippen LogP contribution in [0.3, 0.4) is 0 Å². The summed E-state index contributed by atoms with van der Waals surface area (Å²) in [6.07, 6.45) is 3.68. The van der Waals surface area contributed by atoms with Gasteiger partial charge in [0.15, 0.2) is 5.78 Å². The molecular weight excluding hydrogens is 290 g/mol. The number of hydrogen-bond donors (Lipinski definition) is 0. The summed E-state index contributed by atoms with van der Waals surface area (Å²) >= 11 is 0. The number of carbonyl (C=O) groups is 2. The van der Waals surface area contributed by atoms with Crippen molar-refractivity contribution >= 4 is 11.7 Å². The van der Waals surface area contributed by atoms with Gasteiger partial charge in [0.25, 0.3) is 0 Å². The van der Waals surface area contributed by atoms with E-state index in [0.29, 0.717) is 24.5 Å². The first-order valence-corrected chi connectivity index (χ1v) is 8.64. The van der Waals surface area contributed by atoms with Crippen LogP contribution in [0.5, 0.6) is 5.75 Å². The SMILES string of the molecule is CCCOc1ccc(C(=O)CCC(=O)N2CCC(C)CC2)cc1. The van der Waals surface area contributed by atoms with Crippen LogP contribution >= 0.6 is 0 Å². The first-order chi connectivity index (χ1) is 11.1. The molecule has 0 N–H and O–H groups in total. The summed E-state index contributed by atoms with van der Waals surface area (Å²) in [7, 11) is 0. The molecule has 0 saturated carbocycles. The highest BCUT2D eigenvalue weighted by Crippen LogP contribution is 2.18. The van der Waals surface area contributed by atoms with Crippen molar-refractivity contribution < 1.29 is 14.3 Å². The van der Waals surface area contributed by atoms with Crippen LogP contribution in [0.25, 0.3) is 0 Å². The van der Waals surface area contributed by atoms with E-state index < -0.39 is 0 Å². The monoisotopic (exact) mass is 317 g/mol. The van der Waals surface area contributed by atoms with Crippen LogP contribution in [-0.2, 0) is 4.79 Å². The molecule has 1 aliphatic heterocycles. The molecular formula is C19H27NO3. The van der Waals surface area contributed by atoms with Crippen LogP contribution in [0.4, 0.5) is 0 Å². The fraction of sp³-hybridized carbons (Fsp3) is 0.579. The maximum Gasteiger partial charge on any atom is 0.223 e. The average molecular weight is 317 g/mol. The zero-order valence-electron chi connectivity index (χ0n) is 14.2. The minimum Gasteiger partial charge on any atom is -0.494 e. The van der Waals surface area contributed by atoms with Crippen molar-refractivity contribution in [3.8, 4) is 5.75 Å². The molecule has 1 amide bonds. The third kappa shape index (κ3) is 5.38. The minimum absolute atomic E-state index is 0.0192. The molecule has 0 bridgehead atoms. The van der Waals surface area contributed by atoms with Crippen LogP contribution in [0.1, 0.15) is 56.3 Å². The molecule has 4 nitrogen and oxygen atoms in total. The second kappa shape index (κ2) is 8.70. The van der Waals surface area contributed by atoms with Gasteiger partial charge in [0, 0.05) is 31.5 Å². The summed E-state index contributed by atoms with van der Waals surface area (Å²) in [4.78, 5) is 26.3. The quantitative estimate of drug-likeness (QED) is 0.720. The smallest absolute Gasteiger partial charge is 0.223 e. The Kier molecular flexibility index (Phi) is 6.63. The Morgan fingerprint density at radius 1 is 1.13 bits per heavy atom. The topological polar surface area (TPSA) is 46.6 Å². The first-order valence-electron chi connectivity index (χ1n) is 8.64. The molecule has 1 saturated heterocycles.